The molecule has 0 N–H and O–H groups in total. The van der Waals surface area contributed by atoms with Gasteiger partial charge in [-0.3, -0.25) is 4.79 Å². The Bertz CT molecular complexity index is 308. The van der Waals surface area contributed by atoms with Crippen LogP contribution in [0, 0.1) is 5.41 Å². The highest BCUT2D eigenvalue weighted by Crippen LogP contribution is 2.40. The lowest BCUT2D eigenvalue weighted by Gasteiger charge is -2.39. The minimum atomic E-state index is -4.73. The first-order valence-corrected chi connectivity index (χ1v) is 5.87. The van der Waals surface area contributed by atoms with Crippen molar-refractivity contribution >= 4 is 5.91 Å². The first kappa shape index (κ1) is 12.7. The molecular formula is C11H17F3N2O. The molecule has 0 saturated carbocycles. The van der Waals surface area contributed by atoms with Crippen LogP contribution in [0.3, 0.4) is 0 Å². The van der Waals surface area contributed by atoms with Gasteiger partial charge in [-0.15, -0.1) is 0 Å². The number of likely N-dealkylation sites (tertiary alicyclic amines) is 2. The smallest absolute Gasteiger partial charge is 0.335 e. The molecule has 0 aromatic heterocycles. The number of hydrogen-bond acceptors (Lipinski definition) is 2. The quantitative estimate of drug-likeness (QED) is 0.650. The molecule has 1 spiro atoms. The molecule has 2 saturated heterocycles. The van der Waals surface area contributed by atoms with Crippen LogP contribution in [0.15, 0.2) is 0 Å². The molecule has 0 aliphatic carbocycles. The second-order valence-corrected chi connectivity index (χ2v) is 5.28. The topological polar surface area (TPSA) is 23.6 Å². The summed E-state index contributed by atoms with van der Waals surface area (Å²) >= 11 is 0. The van der Waals surface area contributed by atoms with Crippen LogP contribution in [0.2, 0.25) is 0 Å². The summed E-state index contributed by atoms with van der Waals surface area (Å²) in [6, 6.07) is 0. The minimum Gasteiger partial charge on any atom is -0.335 e. The van der Waals surface area contributed by atoms with Gasteiger partial charge in [-0.1, -0.05) is 0 Å². The molecule has 2 aliphatic heterocycles. The van der Waals surface area contributed by atoms with Gasteiger partial charge in [0.2, 0.25) is 0 Å². The molecule has 2 fully saturated rings. The Balaban J connectivity index is 1.92. The molecule has 1 amide bonds. The summed E-state index contributed by atoms with van der Waals surface area (Å²) in [7, 11) is 2.03. The highest BCUT2D eigenvalue weighted by molar-refractivity contribution is 5.81. The van der Waals surface area contributed by atoms with Gasteiger partial charge in [0.1, 0.15) is 0 Å². The molecule has 0 atom stereocenters. The lowest BCUT2D eigenvalue weighted by Crippen LogP contribution is -2.48. The first-order valence-electron chi connectivity index (χ1n) is 5.87. The zero-order valence-electron chi connectivity index (χ0n) is 9.89. The van der Waals surface area contributed by atoms with E-state index in [-0.39, 0.29) is 18.5 Å². The predicted octanol–water partition coefficient (Wildman–Crippen LogP) is 1.49. The number of rotatable bonds is 0. The van der Waals surface area contributed by atoms with Crippen molar-refractivity contribution < 1.29 is 18.0 Å². The van der Waals surface area contributed by atoms with Gasteiger partial charge in [0.25, 0.3) is 0 Å². The fourth-order valence-corrected chi connectivity index (χ4v) is 2.93. The third-order valence-corrected chi connectivity index (χ3v) is 3.98. The first-order chi connectivity index (χ1) is 7.82. The summed E-state index contributed by atoms with van der Waals surface area (Å²) in [4.78, 5) is 14.2. The summed E-state index contributed by atoms with van der Waals surface area (Å²) in [5.74, 6) is -1.68. The largest absolute Gasteiger partial charge is 0.471 e. The van der Waals surface area contributed by atoms with Crippen molar-refractivity contribution in [2.45, 2.75) is 25.4 Å². The Morgan fingerprint density at radius 2 is 1.65 bits per heavy atom. The number of carbonyl (C=O) groups is 1. The van der Waals surface area contributed by atoms with Crippen LogP contribution in [0.25, 0.3) is 0 Å². The maximum Gasteiger partial charge on any atom is 0.471 e. The Kier molecular flexibility index (Phi) is 3.10. The second-order valence-electron chi connectivity index (χ2n) is 5.28. The van der Waals surface area contributed by atoms with Crippen LogP contribution in [-0.4, -0.2) is 55.1 Å². The molecule has 0 aromatic carbocycles. The van der Waals surface area contributed by atoms with E-state index in [2.05, 4.69) is 4.90 Å². The molecule has 98 valence electrons. The molecule has 0 aromatic rings. The fourth-order valence-electron chi connectivity index (χ4n) is 2.93. The zero-order valence-corrected chi connectivity index (χ0v) is 9.89. The Morgan fingerprint density at radius 3 is 2.06 bits per heavy atom. The Labute approximate surface area is 98.6 Å². The maximum absolute atomic E-state index is 12.3. The normalized spacial score (nSPS) is 25.5. The van der Waals surface area contributed by atoms with E-state index in [0.29, 0.717) is 12.8 Å². The Morgan fingerprint density at radius 1 is 1.12 bits per heavy atom. The minimum absolute atomic E-state index is 0.150. The number of alkyl halides is 3. The van der Waals surface area contributed by atoms with Gasteiger partial charge in [-0.25, -0.2) is 0 Å². The van der Waals surface area contributed by atoms with Crippen LogP contribution in [0.5, 0.6) is 0 Å². The third kappa shape index (κ3) is 2.56. The lowest BCUT2D eigenvalue weighted by atomic mass is 9.78. The van der Waals surface area contributed by atoms with E-state index in [1.54, 1.807) is 0 Å². The van der Waals surface area contributed by atoms with Crippen LogP contribution in [0.4, 0.5) is 13.2 Å². The average Bonchev–Trinajstić information content (AvgIpc) is 2.59. The molecule has 3 nitrogen and oxygen atoms in total. The second kappa shape index (κ2) is 4.15. The van der Waals surface area contributed by atoms with Crippen molar-refractivity contribution in [3.8, 4) is 0 Å². The van der Waals surface area contributed by atoms with E-state index in [1.165, 1.54) is 0 Å². The molecule has 2 heterocycles. The standard InChI is InChI=1S/C11H17F3N2O/c1-15-5-2-10(8-15)3-6-16(7-4-10)9(17)11(12,13)14/h2-8H2,1H3. The number of carbonyl (C=O) groups excluding carboxylic acids is 1. The van der Waals surface area contributed by atoms with E-state index < -0.39 is 12.1 Å². The fraction of sp³-hybridized carbons (Fsp3) is 0.909. The van der Waals surface area contributed by atoms with Gasteiger partial charge >= 0.3 is 12.1 Å². The summed E-state index contributed by atoms with van der Waals surface area (Å²) in [5.41, 5.74) is 0.150. The number of amides is 1. The molecule has 2 rings (SSSR count). The maximum atomic E-state index is 12.3. The van der Waals surface area contributed by atoms with E-state index >= 15 is 0 Å². The molecule has 0 radical (unpaired) electrons. The van der Waals surface area contributed by atoms with Crippen molar-refractivity contribution in [1.29, 1.82) is 0 Å². The van der Waals surface area contributed by atoms with E-state index in [0.717, 1.165) is 24.4 Å². The highest BCUT2D eigenvalue weighted by Gasteiger charge is 2.46. The number of hydrogen-bond donors (Lipinski definition) is 0. The van der Waals surface area contributed by atoms with E-state index in [4.69, 9.17) is 0 Å². The number of halogens is 3. The number of piperidine rings is 1. The van der Waals surface area contributed by atoms with Crippen molar-refractivity contribution in [3.63, 3.8) is 0 Å². The molecule has 0 bridgehead atoms. The van der Waals surface area contributed by atoms with Gasteiger partial charge < -0.3 is 9.80 Å². The summed E-state index contributed by atoms with van der Waals surface area (Å²) in [6.45, 7) is 2.44. The summed E-state index contributed by atoms with van der Waals surface area (Å²) in [6.07, 6.45) is -2.30. The molecule has 0 unspecified atom stereocenters. The van der Waals surface area contributed by atoms with Gasteiger partial charge in [-0.2, -0.15) is 13.2 Å². The SMILES string of the molecule is CN1CCC2(CCN(C(=O)C(F)(F)F)CC2)C1. The average molecular weight is 250 g/mol. The van der Waals surface area contributed by atoms with Crippen LogP contribution < -0.4 is 0 Å². The van der Waals surface area contributed by atoms with Gasteiger partial charge in [0, 0.05) is 19.6 Å². The molecular weight excluding hydrogens is 233 g/mol. The monoisotopic (exact) mass is 250 g/mol. The molecule has 2 aliphatic rings. The lowest BCUT2D eigenvalue weighted by molar-refractivity contribution is -0.187. The Hall–Kier alpha value is -0.780. The summed E-state index contributed by atoms with van der Waals surface area (Å²) in [5, 5.41) is 0. The molecule has 6 heteroatoms. The van der Waals surface area contributed by atoms with Gasteiger partial charge in [0.05, 0.1) is 0 Å². The molecule has 17 heavy (non-hydrogen) atoms. The van der Waals surface area contributed by atoms with Crippen LogP contribution >= 0.6 is 0 Å². The highest BCUT2D eigenvalue weighted by atomic mass is 19.4. The van der Waals surface area contributed by atoms with E-state index in [1.807, 2.05) is 7.05 Å². The van der Waals surface area contributed by atoms with Crippen molar-refractivity contribution in [3.05, 3.63) is 0 Å². The van der Waals surface area contributed by atoms with Crippen LogP contribution in [0.1, 0.15) is 19.3 Å². The zero-order chi connectivity index (χ0) is 12.7. The third-order valence-electron chi connectivity index (χ3n) is 3.98. The summed E-state index contributed by atoms with van der Waals surface area (Å²) < 4.78 is 36.8. The van der Waals surface area contributed by atoms with Crippen molar-refractivity contribution in [1.82, 2.24) is 9.80 Å². The predicted molar refractivity (Wildman–Crippen MR) is 56.4 cm³/mol. The van der Waals surface area contributed by atoms with Crippen molar-refractivity contribution in [2.75, 3.05) is 33.2 Å². The van der Waals surface area contributed by atoms with Gasteiger partial charge in [-0.05, 0) is 38.3 Å². The number of nitrogens with zero attached hydrogens (tertiary/aromatic N) is 2. The van der Waals surface area contributed by atoms with E-state index in [9.17, 15) is 18.0 Å². The van der Waals surface area contributed by atoms with Crippen LogP contribution in [-0.2, 0) is 4.79 Å². The van der Waals surface area contributed by atoms with Crippen molar-refractivity contribution in [2.24, 2.45) is 5.41 Å². The van der Waals surface area contributed by atoms with Gasteiger partial charge in [0.15, 0.2) is 0 Å².